The van der Waals surface area contributed by atoms with Crippen molar-refractivity contribution in [1.82, 2.24) is 9.13 Å². The van der Waals surface area contributed by atoms with Crippen LogP contribution in [0, 0.1) is 0 Å². The highest BCUT2D eigenvalue weighted by Crippen LogP contribution is 2.51. The molecule has 0 atom stereocenters. The summed E-state index contributed by atoms with van der Waals surface area (Å²) in [4.78, 5) is 0. The molecule has 12 rings (SSSR count). The summed E-state index contributed by atoms with van der Waals surface area (Å²) in [6, 6.07) is 84.4. The Morgan fingerprint density at radius 3 is 0.833 bits per heavy atom. The molecule has 0 amide bonds. The lowest BCUT2D eigenvalue weighted by Crippen LogP contribution is -1.99. The van der Waals surface area contributed by atoms with Gasteiger partial charge in [0.15, 0.2) is 0 Å². The third-order valence-electron chi connectivity index (χ3n) is 12.3. The average molecular weight is 763 g/mol. The monoisotopic (exact) mass is 762 g/mol. The van der Waals surface area contributed by atoms with Crippen LogP contribution in [0.5, 0.6) is 0 Å². The van der Waals surface area contributed by atoms with Crippen molar-refractivity contribution in [2.45, 2.75) is 0 Å². The average Bonchev–Trinajstić information content (AvgIpc) is 3.84. The highest BCUT2D eigenvalue weighted by molar-refractivity contribution is 6.19. The van der Waals surface area contributed by atoms with Gasteiger partial charge in [-0.2, -0.15) is 0 Å². The van der Waals surface area contributed by atoms with Crippen molar-refractivity contribution < 1.29 is 0 Å². The lowest BCUT2D eigenvalue weighted by atomic mass is 9.79. The summed E-state index contributed by atoms with van der Waals surface area (Å²) in [5.41, 5.74) is 16.7. The second-order valence-electron chi connectivity index (χ2n) is 15.6. The van der Waals surface area contributed by atoms with Gasteiger partial charge in [0.25, 0.3) is 0 Å². The smallest absolute Gasteiger partial charge is 0.0541 e. The van der Waals surface area contributed by atoms with Crippen molar-refractivity contribution in [3.8, 4) is 55.9 Å². The molecule has 0 aliphatic carbocycles. The normalized spacial score (nSPS) is 11.7. The molecular formula is C58H38N2. The first-order valence-corrected chi connectivity index (χ1v) is 20.7. The molecule has 0 spiro atoms. The Morgan fingerprint density at radius 1 is 0.200 bits per heavy atom. The second kappa shape index (κ2) is 13.9. The fourth-order valence-electron chi connectivity index (χ4n) is 9.83. The van der Waals surface area contributed by atoms with Gasteiger partial charge >= 0.3 is 0 Å². The zero-order valence-corrected chi connectivity index (χ0v) is 32.8. The number of aromatic nitrogens is 2. The van der Waals surface area contributed by atoms with Crippen LogP contribution >= 0.6 is 0 Å². The van der Waals surface area contributed by atoms with Crippen LogP contribution in [0.2, 0.25) is 0 Å². The summed E-state index contributed by atoms with van der Waals surface area (Å²) in [6.07, 6.45) is 0. The number of hydrogen-bond donors (Lipinski definition) is 0. The molecule has 0 unspecified atom stereocenters. The van der Waals surface area contributed by atoms with Crippen molar-refractivity contribution in [3.63, 3.8) is 0 Å². The van der Waals surface area contributed by atoms with Gasteiger partial charge in [0, 0.05) is 32.9 Å². The second-order valence-corrected chi connectivity index (χ2v) is 15.6. The van der Waals surface area contributed by atoms with E-state index in [0.717, 1.165) is 11.4 Å². The molecule has 0 fully saturated rings. The molecule has 280 valence electrons. The minimum atomic E-state index is 1.14. The highest BCUT2D eigenvalue weighted by atomic mass is 15.0. The number of para-hydroxylation sites is 4. The van der Waals surface area contributed by atoms with Crippen LogP contribution in [0.15, 0.2) is 231 Å². The maximum atomic E-state index is 2.42. The van der Waals surface area contributed by atoms with Crippen LogP contribution in [-0.2, 0) is 0 Å². The molecular weight excluding hydrogens is 725 g/mol. The van der Waals surface area contributed by atoms with E-state index < -0.39 is 0 Å². The van der Waals surface area contributed by atoms with Gasteiger partial charge in [-0.25, -0.2) is 0 Å². The molecule has 12 aromatic rings. The van der Waals surface area contributed by atoms with Gasteiger partial charge in [-0.3, -0.25) is 0 Å². The van der Waals surface area contributed by atoms with E-state index in [1.165, 1.54) is 98.9 Å². The maximum Gasteiger partial charge on any atom is 0.0541 e. The van der Waals surface area contributed by atoms with E-state index in [2.05, 4.69) is 240 Å². The predicted molar refractivity (Wildman–Crippen MR) is 254 cm³/mol. The van der Waals surface area contributed by atoms with E-state index in [9.17, 15) is 0 Å². The number of hydrogen-bond acceptors (Lipinski definition) is 0. The topological polar surface area (TPSA) is 9.86 Å². The van der Waals surface area contributed by atoms with Crippen molar-refractivity contribution in [2.75, 3.05) is 0 Å². The summed E-state index contributed by atoms with van der Waals surface area (Å²) >= 11 is 0. The molecule has 0 N–H and O–H groups in total. The lowest BCUT2D eigenvalue weighted by Gasteiger charge is -2.25. The van der Waals surface area contributed by atoms with Crippen LogP contribution in [0.25, 0.3) is 110 Å². The largest absolute Gasteiger partial charge is 0.309 e. The van der Waals surface area contributed by atoms with E-state index in [-0.39, 0.29) is 0 Å². The molecule has 0 radical (unpaired) electrons. The summed E-state index contributed by atoms with van der Waals surface area (Å²) in [6.45, 7) is 0. The van der Waals surface area contributed by atoms with Crippen molar-refractivity contribution in [2.24, 2.45) is 0 Å². The van der Waals surface area contributed by atoms with Gasteiger partial charge in [-0.15, -0.1) is 0 Å². The van der Waals surface area contributed by atoms with Gasteiger partial charge in [-0.1, -0.05) is 182 Å². The Bertz CT molecular complexity index is 3240. The van der Waals surface area contributed by atoms with Gasteiger partial charge in [0.1, 0.15) is 0 Å². The van der Waals surface area contributed by atoms with Gasteiger partial charge in [0.2, 0.25) is 0 Å². The minimum absolute atomic E-state index is 1.14. The third kappa shape index (κ3) is 5.28. The van der Waals surface area contributed by atoms with Gasteiger partial charge < -0.3 is 9.13 Å². The first kappa shape index (κ1) is 34.1. The summed E-state index contributed by atoms with van der Waals surface area (Å²) in [7, 11) is 0. The Kier molecular flexibility index (Phi) is 7.89. The highest BCUT2D eigenvalue weighted by Gasteiger charge is 2.25. The number of fused-ring (bicyclic) bond motifs is 7. The van der Waals surface area contributed by atoms with E-state index in [4.69, 9.17) is 0 Å². The van der Waals surface area contributed by atoms with E-state index in [1.54, 1.807) is 0 Å². The van der Waals surface area contributed by atoms with Crippen LogP contribution in [0.1, 0.15) is 0 Å². The molecule has 0 bridgehead atoms. The molecule has 0 aliphatic rings. The molecule has 10 aromatic carbocycles. The maximum absolute atomic E-state index is 2.42. The van der Waals surface area contributed by atoms with Crippen molar-refractivity contribution >= 4 is 54.4 Å². The quantitative estimate of drug-likeness (QED) is 0.160. The number of nitrogens with zero attached hydrogens (tertiary/aromatic N) is 2. The first-order valence-electron chi connectivity index (χ1n) is 20.7. The number of benzene rings is 10. The molecule has 0 saturated heterocycles. The molecule has 0 aliphatic heterocycles. The molecule has 60 heavy (non-hydrogen) atoms. The predicted octanol–water partition coefficient (Wildman–Crippen LogP) is 15.7. The van der Waals surface area contributed by atoms with Crippen LogP contribution < -0.4 is 0 Å². The molecule has 2 aromatic heterocycles. The Labute approximate surface area is 348 Å². The van der Waals surface area contributed by atoms with Crippen molar-refractivity contribution in [1.29, 1.82) is 0 Å². The van der Waals surface area contributed by atoms with E-state index >= 15 is 0 Å². The minimum Gasteiger partial charge on any atom is -0.309 e. The number of rotatable bonds is 6. The van der Waals surface area contributed by atoms with E-state index in [0.29, 0.717) is 0 Å². The summed E-state index contributed by atoms with van der Waals surface area (Å²) < 4.78 is 4.84. The standard InChI is InChI=1S/C58H38N2/c1-3-19-39(20-4-1)57-55(41-23-17-25-43(37-41)59-51-33-13-9-27-45(51)46-28-10-14-34-52(46)59)49-31-7-8-32-50(49)56(58(57)40-21-5-2-6-22-40)42-24-18-26-44(38-42)60-53-35-15-11-29-47(53)48-30-12-16-36-54(48)60/h1-38H. The molecule has 2 heteroatoms. The zero-order chi connectivity index (χ0) is 39.6. The summed E-state index contributed by atoms with van der Waals surface area (Å²) in [5.74, 6) is 0. The zero-order valence-electron chi connectivity index (χ0n) is 32.8. The SMILES string of the molecule is c1ccc(-c2c(-c3ccccc3)c(-c3cccc(-n4c5ccccc5c5ccccc54)c3)c3ccccc3c2-c2cccc(-n3c4ccccc4c4ccccc43)c2)cc1. The van der Waals surface area contributed by atoms with Crippen molar-refractivity contribution in [3.05, 3.63) is 231 Å². The lowest BCUT2D eigenvalue weighted by molar-refractivity contribution is 1.18. The fraction of sp³-hybridized carbons (Fsp3) is 0. The fourth-order valence-corrected chi connectivity index (χ4v) is 9.83. The van der Waals surface area contributed by atoms with Gasteiger partial charge in [0.05, 0.1) is 22.1 Å². The summed E-state index contributed by atoms with van der Waals surface area (Å²) in [5, 5.41) is 7.46. The third-order valence-corrected chi connectivity index (χ3v) is 12.3. The molecule has 2 nitrogen and oxygen atoms in total. The van der Waals surface area contributed by atoms with Crippen LogP contribution in [0.3, 0.4) is 0 Å². The molecule has 0 saturated carbocycles. The Balaban J connectivity index is 1.18. The Hall–Kier alpha value is -7.94. The van der Waals surface area contributed by atoms with Crippen LogP contribution in [0.4, 0.5) is 0 Å². The van der Waals surface area contributed by atoms with Gasteiger partial charge in [-0.05, 0) is 104 Å². The molecule has 2 heterocycles. The van der Waals surface area contributed by atoms with E-state index in [1.807, 2.05) is 0 Å². The Morgan fingerprint density at radius 2 is 0.483 bits per heavy atom. The van der Waals surface area contributed by atoms with Crippen LogP contribution in [-0.4, -0.2) is 9.13 Å². The first-order chi connectivity index (χ1) is 29.8.